The van der Waals surface area contributed by atoms with Crippen LogP contribution in [-0.4, -0.2) is 65.6 Å². The molecule has 0 saturated heterocycles. The largest absolute Gasteiger partial charge is 0.507 e. The van der Waals surface area contributed by atoms with Gasteiger partial charge in [0, 0.05) is 43.8 Å². The van der Waals surface area contributed by atoms with E-state index in [1.54, 1.807) is 18.2 Å². The van der Waals surface area contributed by atoms with Crippen LogP contribution in [0, 0.1) is 0 Å². The van der Waals surface area contributed by atoms with Gasteiger partial charge < -0.3 is 19.7 Å². The molecule has 0 fully saturated rings. The van der Waals surface area contributed by atoms with Gasteiger partial charge in [0.1, 0.15) is 11.5 Å². The number of benzene rings is 1. The van der Waals surface area contributed by atoms with Gasteiger partial charge in [0.15, 0.2) is 11.6 Å². The second-order valence-corrected chi connectivity index (χ2v) is 4.43. The number of phenolic OH excluding ortho intramolecular Hbond substituents is 1. The van der Waals surface area contributed by atoms with Crippen LogP contribution in [0.4, 0.5) is 0 Å². The maximum atomic E-state index is 12.1. The second kappa shape index (κ2) is 7.24. The van der Waals surface area contributed by atoms with Gasteiger partial charge in [-0.05, 0) is 24.3 Å². The first-order valence-electron chi connectivity index (χ1n) is 6.07. The summed E-state index contributed by atoms with van der Waals surface area (Å²) in [6.45, 7) is 0. The summed E-state index contributed by atoms with van der Waals surface area (Å²) < 4.78 is 10.3. The van der Waals surface area contributed by atoms with Crippen molar-refractivity contribution in [3.05, 3.63) is 47.6 Å². The van der Waals surface area contributed by atoms with Gasteiger partial charge in [-0.25, -0.2) is 0 Å². The molecule has 0 aromatic heterocycles. The number of methoxy groups -OCH3 is 2. The van der Waals surface area contributed by atoms with E-state index in [-0.39, 0.29) is 64.4 Å². The first-order valence-corrected chi connectivity index (χ1v) is 6.07. The van der Waals surface area contributed by atoms with E-state index in [0.717, 1.165) is 0 Å². The van der Waals surface area contributed by atoms with Gasteiger partial charge in [0.05, 0.1) is 17.6 Å². The molecule has 1 aromatic carbocycles. The third kappa shape index (κ3) is 3.56. The van der Waals surface area contributed by atoms with Gasteiger partial charge in [-0.3, -0.25) is 4.79 Å². The number of carbonyl (C=O) groups excluding carboxylic acids is 1. The van der Waals surface area contributed by atoms with Crippen molar-refractivity contribution < 1.29 is 24.5 Å². The van der Waals surface area contributed by atoms with Crippen molar-refractivity contribution in [1.29, 1.82) is 0 Å². The van der Waals surface area contributed by atoms with Crippen LogP contribution >= 0.6 is 0 Å². The van der Waals surface area contributed by atoms with E-state index in [2.05, 4.69) is 0 Å². The molecule has 6 heteroatoms. The Kier molecular flexibility index (Phi) is 6.19. The van der Waals surface area contributed by atoms with Crippen molar-refractivity contribution in [2.45, 2.75) is 12.2 Å². The standard InChI is InChI=1S/C15H16O5.Na/c1-19-15(20-2)8-7-11(13(17)9-15)14(18)10-5-3-4-6-12(10)16;/h3-8,16,18H,9H2,1-2H3;. The topological polar surface area (TPSA) is 76.0 Å². The molecule has 0 bridgehead atoms. The fourth-order valence-electron chi connectivity index (χ4n) is 2.07. The fraction of sp³-hybridized carbons (Fsp3) is 0.267. The molecule has 2 N–H and O–H groups in total. The van der Waals surface area contributed by atoms with Crippen molar-refractivity contribution in [2.75, 3.05) is 14.2 Å². The Morgan fingerprint density at radius 2 is 1.86 bits per heavy atom. The molecule has 0 atom stereocenters. The maximum absolute atomic E-state index is 12.1. The molecule has 0 aliphatic heterocycles. The summed E-state index contributed by atoms with van der Waals surface area (Å²) in [5, 5.41) is 19.9. The quantitative estimate of drug-likeness (QED) is 0.385. The van der Waals surface area contributed by atoms with Crippen LogP contribution in [0.3, 0.4) is 0 Å². The third-order valence-electron chi connectivity index (χ3n) is 3.32. The van der Waals surface area contributed by atoms with Crippen LogP contribution in [-0.2, 0) is 14.3 Å². The van der Waals surface area contributed by atoms with Gasteiger partial charge >= 0.3 is 0 Å². The zero-order chi connectivity index (χ0) is 14.8. The average Bonchev–Trinajstić information content (AvgIpc) is 2.47. The first-order chi connectivity index (χ1) is 9.53. The number of ketones is 1. The van der Waals surface area contributed by atoms with Gasteiger partial charge in [-0.1, -0.05) is 12.1 Å². The molecule has 21 heavy (non-hydrogen) atoms. The molecular formula is C15H16NaO5. The molecular weight excluding hydrogens is 283 g/mol. The molecule has 0 unspecified atom stereocenters. The van der Waals surface area contributed by atoms with Crippen molar-refractivity contribution >= 4 is 41.1 Å². The van der Waals surface area contributed by atoms with Gasteiger partial charge in [-0.2, -0.15) is 0 Å². The SMILES string of the molecule is COC1(OC)C=CC(=C(O)c2ccccc2O)C(=O)C1.[Na]. The van der Waals surface area contributed by atoms with Gasteiger partial charge in [0.25, 0.3) is 0 Å². The second-order valence-electron chi connectivity index (χ2n) is 4.43. The van der Waals surface area contributed by atoms with Crippen LogP contribution in [0.15, 0.2) is 42.0 Å². The smallest absolute Gasteiger partial charge is 0.194 e. The monoisotopic (exact) mass is 299 g/mol. The zero-order valence-electron chi connectivity index (χ0n) is 12.3. The fourth-order valence-corrected chi connectivity index (χ4v) is 2.07. The number of rotatable bonds is 3. The summed E-state index contributed by atoms with van der Waals surface area (Å²) in [7, 11) is 2.89. The Morgan fingerprint density at radius 3 is 2.38 bits per heavy atom. The molecule has 1 radical (unpaired) electrons. The van der Waals surface area contributed by atoms with E-state index in [4.69, 9.17) is 9.47 Å². The van der Waals surface area contributed by atoms with E-state index in [1.807, 2.05) is 0 Å². The number of para-hydroxylation sites is 1. The number of Topliss-reactive ketones (excluding diaryl/α,β-unsaturated/α-hetero) is 1. The molecule has 5 nitrogen and oxygen atoms in total. The Morgan fingerprint density at radius 1 is 1.24 bits per heavy atom. The summed E-state index contributed by atoms with van der Waals surface area (Å²) in [5.41, 5.74) is 0.332. The predicted octanol–water partition coefficient (Wildman–Crippen LogP) is 1.80. The molecule has 1 aliphatic rings. The Hall–Kier alpha value is -1.11. The minimum atomic E-state index is -1.10. The minimum absolute atomic E-state index is 0. The van der Waals surface area contributed by atoms with E-state index in [9.17, 15) is 15.0 Å². The van der Waals surface area contributed by atoms with Crippen molar-refractivity contribution in [2.24, 2.45) is 0 Å². The first kappa shape index (κ1) is 17.9. The molecule has 1 aliphatic carbocycles. The summed E-state index contributed by atoms with van der Waals surface area (Å²) >= 11 is 0. The number of aliphatic hydroxyl groups is 1. The van der Waals surface area contributed by atoms with Gasteiger partial charge in [0.2, 0.25) is 0 Å². The number of aromatic hydroxyl groups is 1. The Labute approximate surface area is 145 Å². The zero-order valence-corrected chi connectivity index (χ0v) is 14.3. The molecule has 2 rings (SSSR count). The number of ether oxygens (including phenoxy) is 2. The number of aliphatic hydroxyl groups excluding tert-OH is 1. The van der Waals surface area contributed by atoms with E-state index < -0.39 is 5.79 Å². The number of allylic oxidation sites excluding steroid dienone is 2. The number of hydrogen-bond donors (Lipinski definition) is 2. The Balaban J connectivity index is 0.00000220. The molecule has 0 amide bonds. The molecule has 1 aromatic rings. The van der Waals surface area contributed by atoms with Crippen molar-refractivity contribution in [3.8, 4) is 5.75 Å². The number of hydrogen-bond acceptors (Lipinski definition) is 5. The third-order valence-corrected chi connectivity index (χ3v) is 3.32. The van der Waals surface area contributed by atoms with E-state index in [0.29, 0.717) is 0 Å². The van der Waals surface area contributed by atoms with Crippen LogP contribution in [0.1, 0.15) is 12.0 Å². The Bertz CT molecular complexity index is 587. The summed E-state index contributed by atoms with van der Waals surface area (Å²) in [6, 6.07) is 6.28. The molecule has 0 heterocycles. The summed E-state index contributed by atoms with van der Waals surface area (Å²) in [5.74, 6) is -1.77. The van der Waals surface area contributed by atoms with Crippen LogP contribution in [0.25, 0.3) is 5.76 Å². The van der Waals surface area contributed by atoms with E-state index in [1.165, 1.54) is 32.4 Å². The van der Waals surface area contributed by atoms with Crippen LogP contribution < -0.4 is 0 Å². The van der Waals surface area contributed by atoms with Crippen LogP contribution in [0.2, 0.25) is 0 Å². The molecule has 0 saturated carbocycles. The molecule has 107 valence electrons. The van der Waals surface area contributed by atoms with Crippen molar-refractivity contribution in [1.82, 2.24) is 0 Å². The summed E-state index contributed by atoms with van der Waals surface area (Å²) in [6.07, 6.45) is 2.98. The number of phenols is 1. The normalized spacial score (nSPS) is 19.0. The number of carbonyl (C=O) groups is 1. The predicted molar refractivity (Wildman–Crippen MR) is 78.9 cm³/mol. The molecule has 0 spiro atoms. The minimum Gasteiger partial charge on any atom is -0.507 e. The van der Waals surface area contributed by atoms with Crippen LogP contribution in [0.5, 0.6) is 5.75 Å². The van der Waals surface area contributed by atoms with E-state index >= 15 is 0 Å². The summed E-state index contributed by atoms with van der Waals surface area (Å²) in [4.78, 5) is 12.1. The average molecular weight is 299 g/mol. The maximum Gasteiger partial charge on any atom is 0.194 e. The van der Waals surface area contributed by atoms with Gasteiger partial charge in [-0.15, -0.1) is 0 Å². The van der Waals surface area contributed by atoms with Crippen molar-refractivity contribution in [3.63, 3.8) is 0 Å².